The molecule has 2 aliphatic rings. The Hall–Kier alpha value is -2.43. The second-order valence-electron chi connectivity index (χ2n) is 7.25. The summed E-state index contributed by atoms with van der Waals surface area (Å²) >= 11 is 6.08. The summed E-state index contributed by atoms with van der Waals surface area (Å²) in [6.45, 7) is 2.35. The zero-order valence-electron chi connectivity index (χ0n) is 15.0. The minimum atomic E-state index is 0.571. The smallest absolute Gasteiger partial charge is 0.101 e. The monoisotopic (exact) mass is 376 g/mol. The Balaban J connectivity index is 1.65. The second-order valence-corrected chi connectivity index (χ2v) is 7.69. The molecule has 136 valence electrons. The van der Waals surface area contributed by atoms with Gasteiger partial charge in [0.05, 0.1) is 5.69 Å². The van der Waals surface area contributed by atoms with Gasteiger partial charge in [-0.15, -0.1) is 0 Å². The number of nitrogens with zero attached hydrogens (tertiary/aromatic N) is 3. The molecule has 2 aliphatic heterocycles. The van der Waals surface area contributed by atoms with E-state index in [0.717, 1.165) is 46.1 Å². The van der Waals surface area contributed by atoms with Gasteiger partial charge < -0.3 is 0 Å². The molecule has 0 bridgehead atoms. The maximum Gasteiger partial charge on any atom is 0.101 e. The molecule has 5 heteroatoms. The number of fused-ring (bicyclic) bond motifs is 1. The Morgan fingerprint density at radius 2 is 1.81 bits per heavy atom. The molecule has 1 unspecified atom stereocenters. The lowest BCUT2D eigenvalue weighted by molar-refractivity contribution is 0.287. The largest absolute Gasteiger partial charge is 0.297 e. The molecule has 1 saturated heterocycles. The lowest BCUT2D eigenvalue weighted by atomic mass is 9.92. The van der Waals surface area contributed by atoms with E-state index in [0.29, 0.717) is 6.04 Å². The highest BCUT2D eigenvalue weighted by Crippen LogP contribution is 2.39. The molecule has 0 spiro atoms. The van der Waals surface area contributed by atoms with Crippen molar-refractivity contribution in [1.82, 2.24) is 20.1 Å². The summed E-state index contributed by atoms with van der Waals surface area (Å²) in [6, 6.07) is 12.6. The molecule has 1 atom stereocenters. The molecule has 0 aliphatic carbocycles. The van der Waals surface area contributed by atoms with Crippen molar-refractivity contribution in [3.05, 3.63) is 65.6 Å². The zero-order valence-corrected chi connectivity index (χ0v) is 15.8. The SMILES string of the molecule is Clc1ccc(-c2n[nH]c(C3=CC4CCCN4CC3)c2-c2ccncc2)cc1. The molecule has 27 heavy (non-hydrogen) atoms. The van der Waals surface area contributed by atoms with Gasteiger partial charge in [-0.25, -0.2) is 0 Å². The molecule has 1 N–H and O–H groups in total. The van der Waals surface area contributed by atoms with E-state index in [1.165, 1.54) is 25.0 Å². The summed E-state index contributed by atoms with van der Waals surface area (Å²) in [7, 11) is 0. The van der Waals surface area contributed by atoms with Gasteiger partial charge in [-0.2, -0.15) is 5.10 Å². The molecule has 1 aromatic carbocycles. The zero-order chi connectivity index (χ0) is 18.2. The molecular weight excluding hydrogens is 356 g/mol. The van der Waals surface area contributed by atoms with Gasteiger partial charge in [0, 0.05) is 41.1 Å². The van der Waals surface area contributed by atoms with E-state index in [-0.39, 0.29) is 0 Å². The van der Waals surface area contributed by atoms with Crippen LogP contribution in [0.5, 0.6) is 0 Å². The minimum Gasteiger partial charge on any atom is -0.297 e. The topological polar surface area (TPSA) is 44.8 Å². The van der Waals surface area contributed by atoms with Gasteiger partial charge in [-0.1, -0.05) is 29.8 Å². The number of aromatic amines is 1. The van der Waals surface area contributed by atoms with Gasteiger partial charge in [0.15, 0.2) is 0 Å². The van der Waals surface area contributed by atoms with Gasteiger partial charge in [0.1, 0.15) is 5.69 Å². The first-order valence-corrected chi connectivity index (χ1v) is 9.87. The minimum absolute atomic E-state index is 0.571. The number of pyridine rings is 1. The van der Waals surface area contributed by atoms with Crippen LogP contribution in [0.1, 0.15) is 25.0 Å². The lowest BCUT2D eigenvalue weighted by Crippen LogP contribution is -2.32. The molecule has 1 fully saturated rings. The fraction of sp³-hybridized carbons (Fsp3) is 0.273. The summed E-state index contributed by atoms with van der Waals surface area (Å²) in [4.78, 5) is 6.78. The molecule has 0 radical (unpaired) electrons. The summed E-state index contributed by atoms with van der Waals surface area (Å²) < 4.78 is 0. The maximum atomic E-state index is 6.08. The Labute approximate surface area is 163 Å². The average molecular weight is 377 g/mol. The van der Waals surface area contributed by atoms with E-state index in [2.05, 4.69) is 33.2 Å². The Morgan fingerprint density at radius 3 is 2.63 bits per heavy atom. The van der Waals surface area contributed by atoms with Crippen LogP contribution in [-0.2, 0) is 0 Å². The predicted octanol–water partition coefficient (Wildman–Crippen LogP) is 5.04. The standard InChI is InChI=1S/C22H21ClN4/c23-18-5-3-16(4-6-18)21-20(15-7-10-24-11-8-15)22(26-25-21)17-9-13-27-12-1-2-19(27)14-17/h3-8,10-11,14,19H,1-2,9,12-13H2,(H,25,26). The maximum absolute atomic E-state index is 6.08. The van der Waals surface area contributed by atoms with Crippen molar-refractivity contribution in [1.29, 1.82) is 0 Å². The normalized spacial score (nSPS) is 19.7. The van der Waals surface area contributed by atoms with E-state index < -0.39 is 0 Å². The van der Waals surface area contributed by atoms with Crippen LogP contribution < -0.4 is 0 Å². The Bertz CT molecular complexity index is 975. The van der Waals surface area contributed by atoms with Crippen molar-refractivity contribution in [2.24, 2.45) is 0 Å². The van der Waals surface area contributed by atoms with E-state index in [9.17, 15) is 0 Å². The highest BCUT2D eigenvalue weighted by atomic mass is 35.5. The number of benzene rings is 1. The van der Waals surface area contributed by atoms with Gasteiger partial charge in [-0.3, -0.25) is 15.0 Å². The fourth-order valence-electron chi connectivity index (χ4n) is 4.30. The third kappa shape index (κ3) is 3.09. The van der Waals surface area contributed by atoms with E-state index in [1.54, 1.807) is 0 Å². The summed E-state index contributed by atoms with van der Waals surface area (Å²) in [5.41, 5.74) is 6.82. The van der Waals surface area contributed by atoms with E-state index >= 15 is 0 Å². The highest BCUT2D eigenvalue weighted by molar-refractivity contribution is 6.30. The molecule has 0 amide bonds. The van der Waals surface area contributed by atoms with Crippen molar-refractivity contribution >= 4 is 17.2 Å². The third-order valence-corrected chi connectivity index (χ3v) is 5.90. The molecule has 0 saturated carbocycles. The second kappa shape index (κ2) is 6.95. The van der Waals surface area contributed by atoms with Crippen molar-refractivity contribution in [2.75, 3.05) is 13.1 Å². The number of nitrogens with one attached hydrogen (secondary N) is 1. The van der Waals surface area contributed by atoms with Crippen molar-refractivity contribution in [3.63, 3.8) is 0 Å². The van der Waals surface area contributed by atoms with Gasteiger partial charge >= 0.3 is 0 Å². The predicted molar refractivity (Wildman–Crippen MR) is 109 cm³/mol. The average Bonchev–Trinajstić information content (AvgIpc) is 3.35. The van der Waals surface area contributed by atoms with Crippen LogP contribution in [0.25, 0.3) is 28.0 Å². The quantitative estimate of drug-likeness (QED) is 0.696. The van der Waals surface area contributed by atoms with Crippen molar-refractivity contribution < 1.29 is 0 Å². The van der Waals surface area contributed by atoms with Gasteiger partial charge in [0.2, 0.25) is 0 Å². The molecular formula is C22H21ClN4. The van der Waals surface area contributed by atoms with Crippen LogP contribution in [0.4, 0.5) is 0 Å². The van der Waals surface area contributed by atoms with Crippen LogP contribution in [0.2, 0.25) is 5.02 Å². The Morgan fingerprint density at radius 1 is 1.00 bits per heavy atom. The van der Waals surface area contributed by atoms with E-state index in [4.69, 9.17) is 16.7 Å². The lowest BCUT2D eigenvalue weighted by Gasteiger charge is -2.28. The molecule has 3 aromatic rings. The number of rotatable bonds is 3. The van der Waals surface area contributed by atoms with Crippen molar-refractivity contribution in [3.8, 4) is 22.4 Å². The number of aromatic nitrogens is 3. The first-order chi connectivity index (χ1) is 13.3. The summed E-state index contributed by atoms with van der Waals surface area (Å²) in [6.07, 6.45) is 9.73. The number of halogens is 1. The number of hydrogen-bond acceptors (Lipinski definition) is 3. The van der Waals surface area contributed by atoms with E-state index in [1.807, 2.05) is 36.7 Å². The Kier molecular flexibility index (Phi) is 4.30. The van der Waals surface area contributed by atoms with Crippen LogP contribution in [0, 0.1) is 0 Å². The molecule has 4 nitrogen and oxygen atoms in total. The first kappa shape index (κ1) is 16.7. The third-order valence-electron chi connectivity index (χ3n) is 5.65. The fourth-order valence-corrected chi connectivity index (χ4v) is 4.42. The number of H-pyrrole nitrogens is 1. The summed E-state index contributed by atoms with van der Waals surface area (Å²) in [5.74, 6) is 0. The van der Waals surface area contributed by atoms with Gasteiger partial charge in [0.25, 0.3) is 0 Å². The first-order valence-electron chi connectivity index (χ1n) is 9.49. The molecule has 5 rings (SSSR count). The molecule has 4 heterocycles. The highest BCUT2D eigenvalue weighted by Gasteiger charge is 2.29. The molecule has 2 aromatic heterocycles. The van der Waals surface area contributed by atoms with Crippen LogP contribution in [0.15, 0.2) is 54.9 Å². The summed E-state index contributed by atoms with van der Waals surface area (Å²) in [5, 5.41) is 8.79. The van der Waals surface area contributed by atoms with Crippen LogP contribution in [0.3, 0.4) is 0 Å². The number of hydrogen-bond donors (Lipinski definition) is 1. The van der Waals surface area contributed by atoms with Crippen LogP contribution in [-0.4, -0.2) is 39.2 Å². The van der Waals surface area contributed by atoms with Crippen molar-refractivity contribution in [2.45, 2.75) is 25.3 Å². The van der Waals surface area contributed by atoms with Gasteiger partial charge in [-0.05, 0) is 61.2 Å². The van der Waals surface area contributed by atoms with Crippen LogP contribution >= 0.6 is 11.6 Å².